The fraction of sp³-hybridized carbons (Fsp3) is 0.821. The molecule has 5 nitrogen and oxygen atoms in total. The second kappa shape index (κ2) is 9.17. The van der Waals surface area contributed by atoms with Gasteiger partial charge in [0.25, 0.3) is 0 Å². The first-order chi connectivity index (χ1) is 16.1. The van der Waals surface area contributed by atoms with E-state index in [9.17, 15) is 20.1 Å². The Bertz CT molecular complexity index is 876. The van der Waals surface area contributed by atoms with Crippen LogP contribution in [-0.2, 0) is 11.3 Å². The number of fused-ring (bicyclic) bond motifs is 5. The summed E-state index contributed by atoms with van der Waals surface area (Å²) in [5, 5.41) is 38.5. The molecule has 1 aromatic heterocycles. The smallest absolute Gasteiger partial charge is 0.220 e. The molecule has 1 heterocycles. The Morgan fingerprint density at radius 1 is 1.15 bits per heavy atom. The van der Waals surface area contributed by atoms with Gasteiger partial charge in [-0.3, -0.25) is 4.79 Å². The zero-order valence-electron chi connectivity index (χ0n) is 21.0. The van der Waals surface area contributed by atoms with Crippen molar-refractivity contribution in [3.8, 4) is 0 Å². The molecule has 6 heteroatoms. The fourth-order valence-electron chi connectivity index (χ4n) is 9.24. The molecule has 0 saturated heterocycles. The van der Waals surface area contributed by atoms with Gasteiger partial charge in [-0.05, 0) is 103 Å². The molecule has 4 aliphatic carbocycles. The summed E-state index contributed by atoms with van der Waals surface area (Å²) in [7, 11) is 0. The van der Waals surface area contributed by atoms with Crippen molar-refractivity contribution in [2.75, 3.05) is 0 Å². The molecule has 0 bridgehead atoms. The number of thiophene rings is 1. The van der Waals surface area contributed by atoms with Crippen LogP contribution in [0.5, 0.6) is 0 Å². The quantitative estimate of drug-likeness (QED) is 0.495. The van der Waals surface area contributed by atoms with E-state index in [4.69, 9.17) is 0 Å². The normalized spacial score (nSPS) is 46.8. The van der Waals surface area contributed by atoms with Gasteiger partial charge in [-0.2, -0.15) is 0 Å². The highest BCUT2D eigenvalue weighted by Gasteiger charge is 2.65. The van der Waals surface area contributed by atoms with E-state index in [0.29, 0.717) is 30.7 Å². The molecule has 0 spiro atoms. The second-order valence-corrected chi connectivity index (χ2v) is 13.6. The number of aliphatic hydroxyl groups excluding tert-OH is 3. The lowest BCUT2D eigenvalue weighted by Crippen LogP contribution is -2.62. The van der Waals surface area contributed by atoms with E-state index in [-0.39, 0.29) is 46.7 Å². The van der Waals surface area contributed by atoms with Gasteiger partial charge in [-0.1, -0.05) is 26.8 Å². The van der Waals surface area contributed by atoms with E-state index in [1.54, 1.807) is 11.3 Å². The Morgan fingerprint density at radius 3 is 2.68 bits per heavy atom. The van der Waals surface area contributed by atoms with Gasteiger partial charge >= 0.3 is 0 Å². The van der Waals surface area contributed by atoms with Gasteiger partial charge in [0.15, 0.2) is 0 Å². The molecular formula is C28H43NO4S. The van der Waals surface area contributed by atoms with Crippen molar-refractivity contribution < 1.29 is 20.1 Å². The van der Waals surface area contributed by atoms with Crippen molar-refractivity contribution in [2.45, 2.75) is 97.0 Å². The molecule has 4 aliphatic rings. The first-order valence-corrected chi connectivity index (χ1v) is 14.4. The molecular weight excluding hydrogens is 446 g/mol. The Balaban J connectivity index is 1.31. The van der Waals surface area contributed by atoms with Crippen molar-refractivity contribution in [1.82, 2.24) is 5.32 Å². The van der Waals surface area contributed by atoms with Crippen LogP contribution in [0.2, 0.25) is 0 Å². The Hall–Kier alpha value is -0.950. The zero-order chi connectivity index (χ0) is 24.3. The number of carbonyl (C=O) groups is 1. The maximum absolute atomic E-state index is 12.7. The average molecular weight is 490 g/mol. The molecule has 190 valence electrons. The van der Waals surface area contributed by atoms with Crippen LogP contribution in [0.4, 0.5) is 0 Å². The first kappa shape index (κ1) is 24.7. The number of hydrogen-bond donors (Lipinski definition) is 4. The number of carbonyl (C=O) groups excluding carboxylic acids is 1. The standard InChI is InChI=1S/C28H43NO4S/c1-16(11-25(33)29-15-19-5-4-10-34-19)20-6-7-21-26-22(14-24(32)28(20,21)3)27(2)9-8-18(30)12-17(27)13-23(26)31/h4-5,10,16-18,20-24,26,30-32H,6-9,11-15H2,1-3H3,(H,29,33)/t16-,17+,18-,20-,21+,22+,23-,24+,26+,27+,28-/m1/s1. The Morgan fingerprint density at radius 2 is 1.94 bits per heavy atom. The van der Waals surface area contributed by atoms with Gasteiger partial charge in [0.2, 0.25) is 5.91 Å². The summed E-state index contributed by atoms with van der Waals surface area (Å²) in [5.74, 6) is 1.73. The van der Waals surface area contributed by atoms with E-state index in [1.165, 1.54) is 0 Å². The SMILES string of the molecule is C[C@H](CC(=O)NCc1cccs1)[C@H]1CC[C@H]2[C@@H]3[C@H](O)C[C@@H]4C[C@H](O)CC[C@]4(C)[C@H]3C[C@H](O)[C@]12C. The van der Waals surface area contributed by atoms with Crippen LogP contribution >= 0.6 is 11.3 Å². The van der Waals surface area contributed by atoms with Gasteiger partial charge in [-0.15, -0.1) is 11.3 Å². The number of aliphatic hydroxyl groups is 3. The van der Waals surface area contributed by atoms with Crippen LogP contribution in [0.3, 0.4) is 0 Å². The molecule has 4 fully saturated rings. The summed E-state index contributed by atoms with van der Waals surface area (Å²) >= 11 is 1.66. The van der Waals surface area contributed by atoms with Crippen molar-refractivity contribution >= 4 is 17.2 Å². The lowest BCUT2D eigenvalue weighted by molar-refractivity contribution is -0.207. The third-order valence-electron chi connectivity index (χ3n) is 11.1. The van der Waals surface area contributed by atoms with Gasteiger partial charge in [0, 0.05) is 11.3 Å². The highest BCUT2D eigenvalue weighted by molar-refractivity contribution is 7.09. The highest BCUT2D eigenvalue weighted by atomic mass is 32.1. The molecule has 4 N–H and O–H groups in total. The van der Waals surface area contributed by atoms with Crippen LogP contribution in [0.15, 0.2) is 17.5 Å². The van der Waals surface area contributed by atoms with Crippen molar-refractivity contribution in [2.24, 2.45) is 46.3 Å². The summed E-state index contributed by atoms with van der Waals surface area (Å²) in [6.07, 6.45) is 5.67. The number of hydrogen-bond acceptors (Lipinski definition) is 5. The van der Waals surface area contributed by atoms with Crippen molar-refractivity contribution in [3.05, 3.63) is 22.4 Å². The largest absolute Gasteiger partial charge is 0.393 e. The third kappa shape index (κ3) is 3.97. The van der Waals surface area contributed by atoms with Crippen molar-refractivity contribution in [1.29, 1.82) is 0 Å². The van der Waals surface area contributed by atoms with Gasteiger partial charge in [0.05, 0.1) is 24.9 Å². The monoisotopic (exact) mass is 489 g/mol. The van der Waals surface area contributed by atoms with E-state index in [2.05, 4.69) is 26.1 Å². The molecule has 1 aromatic rings. The lowest BCUT2D eigenvalue weighted by Gasteiger charge is -2.63. The first-order valence-electron chi connectivity index (χ1n) is 13.5. The van der Waals surface area contributed by atoms with Crippen LogP contribution in [0, 0.1) is 46.3 Å². The fourth-order valence-corrected chi connectivity index (χ4v) is 9.88. The molecule has 0 aromatic carbocycles. The molecule has 0 aliphatic heterocycles. The Kier molecular flexibility index (Phi) is 6.67. The summed E-state index contributed by atoms with van der Waals surface area (Å²) in [5.41, 5.74) is -0.163. The minimum Gasteiger partial charge on any atom is -0.393 e. The highest BCUT2D eigenvalue weighted by Crippen LogP contribution is 2.68. The van der Waals surface area contributed by atoms with E-state index in [1.807, 2.05) is 17.5 Å². The van der Waals surface area contributed by atoms with E-state index < -0.39 is 6.10 Å². The Labute approximate surface area is 208 Å². The average Bonchev–Trinajstić information content (AvgIpc) is 3.42. The topological polar surface area (TPSA) is 89.8 Å². The molecule has 34 heavy (non-hydrogen) atoms. The molecule has 5 rings (SSSR count). The predicted octanol–water partition coefficient (Wildman–Crippen LogP) is 4.35. The van der Waals surface area contributed by atoms with Crippen LogP contribution in [0.25, 0.3) is 0 Å². The van der Waals surface area contributed by atoms with Gasteiger partial charge in [-0.25, -0.2) is 0 Å². The second-order valence-electron chi connectivity index (χ2n) is 12.6. The molecule has 1 amide bonds. The predicted molar refractivity (Wildman–Crippen MR) is 134 cm³/mol. The number of rotatable bonds is 5. The van der Waals surface area contributed by atoms with Crippen LogP contribution in [0.1, 0.15) is 77.0 Å². The van der Waals surface area contributed by atoms with Gasteiger partial charge < -0.3 is 20.6 Å². The number of amides is 1. The van der Waals surface area contributed by atoms with E-state index in [0.717, 1.165) is 49.8 Å². The lowest BCUT2D eigenvalue weighted by atomic mass is 9.43. The van der Waals surface area contributed by atoms with Crippen LogP contribution < -0.4 is 5.32 Å². The summed E-state index contributed by atoms with van der Waals surface area (Å²) < 4.78 is 0. The summed E-state index contributed by atoms with van der Waals surface area (Å²) in [6.45, 7) is 7.39. The molecule has 11 atom stereocenters. The third-order valence-corrected chi connectivity index (χ3v) is 11.9. The minimum atomic E-state index is -0.405. The van der Waals surface area contributed by atoms with Crippen molar-refractivity contribution in [3.63, 3.8) is 0 Å². The summed E-state index contributed by atoms with van der Waals surface area (Å²) in [4.78, 5) is 13.9. The summed E-state index contributed by atoms with van der Waals surface area (Å²) in [6, 6.07) is 4.04. The molecule has 4 saturated carbocycles. The molecule has 0 radical (unpaired) electrons. The number of nitrogens with one attached hydrogen (secondary N) is 1. The zero-order valence-corrected chi connectivity index (χ0v) is 21.8. The maximum Gasteiger partial charge on any atom is 0.220 e. The van der Waals surface area contributed by atoms with Crippen LogP contribution in [-0.4, -0.2) is 39.5 Å². The minimum absolute atomic E-state index is 0.0879. The van der Waals surface area contributed by atoms with Gasteiger partial charge in [0.1, 0.15) is 0 Å². The van der Waals surface area contributed by atoms with E-state index >= 15 is 0 Å². The molecule has 0 unspecified atom stereocenters. The maximum atomic E-state index is 12.7.